The number of aromatic nitrogens is 4. The summed E-state index contributed by atoms with van der Waals surface area (Å²) in [5.74, 6) is 0.438. The van der Waals surface area contributed by atoms with Gasteiger partial charge in [0.1, 0.15) is 0 Å². The Morgan fingerprint density at radius 1 is 0.792 bits per heavy atom. The van der Waals surface area contributed by atoms with E-state index in [9.17, 15) is 13.2 Å². The van der Waals surface area contributed by atoms with E-state index in [1.54, 1.807) is 32.4 Å². The summed E-state index contributed by atoms with van der Waals surface area (Å²) < 4.78 is 36.4. The highest BCUT2D eigenvalue weighted by molar-refractivity contribution is 5.08. The van der Waals surface area contributed by atoms with Crippen LogP contribution in [0.3, 0.4) is 0 Å². The van der Waals surface area contributed by atoms with Crippen molar-refractivity contribution in [3.8, 4) is 0 Å². The number of alkyl halides is 3. The van der Waals surface area contributed by atoms with Crippen molar-refractivity contribution in [1.82, 2.24) is 19.9 Å². The van der Waals surface area contributed by atoms with Gasteiger partial charge in [-0.3, -0.25) is 15.0 Å². The number of halogens is 3. The SMILES string of the molecule is CC.CC(C)c1cncc(C(F)(F)F)n1.CC(C)c1cnccn1. The zero-order valence-electron chi connectivity index (χ0n) is 15.0. The molecule has 0 bridgehead atoms. The minimum atomic E-state index is -4.40. The maximum atomic E-state index is 12.1. The van der Waals surface area contributed by atoms with Gasteiger partial charge in [-0.25, -0.2) is 4.98 Å². The standard InChI is InChI=1S/C8H9F3N2.C7H10N2.C2H6/c1-5(2)6-3-12-4-7(13-6)8(9,10)11;1-6(2)7-5-8-3-4-9-7;1-2/h3-5H,1-2H3;3-6H,1-2H3;1-2H3. The molecule has 7 heteroatoms. The van der Waals surface area contributed by atoms with E-state index in [4.69, 9.17) is 0 Å². The highest BCUT2D eigenvalue weighted by Gasteiger charge is 2.33. The van der Waals surface area contributed by atoms with Crippen LogP contribution >= 0.6 is 0 Å². The van der Waals surface area contributed by atoms with Crippen LogP contribution in [0.25, 0.3) is 0 Å². The Bertz CT molecular complexity index is 570. The smallest absolute Gasteiger partial charge is 0.261 e. The molecule has 0 saturated heterocycles. The minimum Gasteiger partial charge on any atom is -0.261 e. The van der Waals surface area contributed by atoms with Gasteiger partial charge in [-0.05, 0) is 11.8 Å². The molecular weight excluding hydrogens is 317 g/mol. The Kier molecular flexibility index (Phi) is 9.76. The van der Waals surface area contributed by atoms with Gasteiger partial charge < -0.3 is 0 Å². The molecule has 2 rings (SSSR count). The molecular formula is C17H25F3N4. The third-order valence-electron chi connectivity index (χ3n) is 2.71. The summed E-state index contributed by atoms with van der Waals surface area (Å²) in [6.07, 6.45) is 2.87. The average Bonchev–Trinajstić information content (AvgIpc) is 2.57. The average molecular weight is 342 g/mol. The van der Waals surface area contributed by atoms with E-state index >= 15 is 0 Å². The second kappa shape index (κ2) is 10.7. The van der Waals surface area contributed by atoms with Crippen molar-refractivity contribution < 1.29 is 13.2 Å². The largest absolute Gasteiger partial charge is 0.434 e. The van der Waals surface area contributed by atoms with Crippen molar-refractivity contribution in [2.24, 2.45) is 0 Å². The van der Waals surface area contributed by atoms with Gasteiger partial charge >= 0.3 is 6.18 Å². The Balaban J connectivity index is 0.000000420. The maximum Gasteiger partial charge on any atom is 0.434 e. The maximum absolute atomic E-state index is 12.1. The Morgan fingerprint density at radius 3 is 1.71 bits per heavy atom. The van der Waals surface area contributed by atoms with Crippen LogP contribution in [0.1, 0.15) is 70.5 Å². The van der Waals surface area contributed by atoms with Crippen molar-refractivity contribution in [1.29, 1.82) is 0 Å². The first-order valence-corrected chi connectivity index (χ1v) is 7.86. The van der Waals surface area contributed by atoms with Crippen LogP contribution < -0.4 is 0 Å². The molecule has 0 aliphatic carbocycles. The fraction of sp³-hybridized carbons (Fsp3) is 0.529. The van der Waals surface area contributed by atoms with Crippen molar-refractivity contribution in [2.45, 2.75) is 59.6 Å². The van der Waals surface area contributed by atoms with Gasteiger partial charge in [0.05, 0.1) is 17.6 Å². The van der Waals surface area contributed by atoms with Crippen LogP contribution in [0, 0.1) is 0 Å². The van der Waals surface area contributed by atoms with E-state index < -0.39 is 11.9 Å². The van der Waals surface area contributed by atoms with Crippen molar-refractivity contribution in [3.63, 3.8) is 0 Å². The molecule has 0 aliphatic heterocycles. The lowest BCUT2D eigenvalue weighted by atomic mass is 10.1. The fourth-order valence-electron chi connectivity index (χ4n) is 1.40. The zero-order chi connectivity index (χ0) is 18.8. The van der Waals surface area contributed by atoms with Crippen LogP contribution in [-0.2, 0) is 6.18 Å². The highest BCUT2D eigenvalue weighted by Crippen LogP contribution is 2.27. The van der Waals surface area contributed by atoms with Gasteiger partial charge in [-0.15, -0.1) is 0 Å². The molecule has 0 aliphatic rings. The molecule has 0 radical (unpaired) electrons. The van der Waals surface area contributed by atoms with Gasteiger partial charge in [0.15, 0.2) is 5.69 Å². The lowest BCUT2D eigenvalue weighted by Gasteiger charge is -2.08. The van der Waals surface area contributed by atoms with Crippen LogP contribution in [0.4, 0.5) is 13.2 Å². The molecule has 0 aromatic carbocycles. The molecule has 24 heavy (non-hydrogen) atoms. The lowest BCUT2D eigenvalue weighted by molar-refractivity contribution is -0.141. The number of rotatable bonds is 2. The van der Waals surface area contributed by atoms with Crippen LogP contribution in [0.5, 0.6) is 0 Å². The van der Waals surface area contributed by atoms with Crippen LogP contribution in [0.15, 0.2) is 31.0 Å². The molecule has 0 fully saturated rings. The topological polar surface area (TPSA) is 51.6 Å². The summed E-state index contributed by atoms with van der Waals surface area (Å²) in [6.45, 7) is 11.7. The second-order valence-corrected chi connectivity index (χ2v) is 5.27. The van der Waals surface area contributed by atoms with Crippen molar-refractivity contribution in [3.05, 3.63) is 48.1 Å². The van der Waals surface area contributed by atoms with Crippen LogP contribution in [0.2, 0.25) is 0 Å². The zero-order valence-corrected chi connectivity index (χ0v) is 15.0. The molecule has 0 unspecified atom stereocenters. The third kappa shape index (κ3) is 7.99. The summed E-state index contributed by atoms with van der Waals surface area (Å²) >= 11 is 0. The molecule has 0 saturated carbocycles. The van der Waals surface area contributed by atoms with E-state index in [-0.39, 0.29) is 5.92 Å². The molecule has 0 N–H and O–H groups in total. The molecule has 2 aromatic heterocycles. The molecule has 0 atom stereocenters. The normalized spacial score (nSPS) is 10.6. The van der Waals surface area contributed by atoms with E-state index in [0.717, 1.165) is 11.9 Å². The molecule has 4 nitrogen and oxygen atoms in total. The van der Waals surface area contributed by atoms with E-state index in [0.29, 0.717) is 11.6 Å². The predicted molar refractivity (Wildman–Crippen MR) is 88.6 cm³/mol. The third-order valence-corrected chi connectivity index (χ3v) is 2.71. The molecule has 0 spiro atoms. The van der Waals surface area contributed by atoms with Crippen molar-refractivity contribution in [2.75, 3.05) is 0 Å². The first kappa shape index (κ1) is 21.9. The Morgan fingerprint density at radius 2 is 1.33 bits per heavy atom. The number of nitrogens with zero attached hydrogens (tertiary/aromatic N) is 4. The summed E-state index contributed by atoms with van der Waals surface area (Å²) in [5.41, 5.74) is 0.478. The first-order chi connectivity index (χ1) is 11.2. The van der Waals surface area contributed by atoms with Crippen molar-refractivity contribution >= 4 is 0 Å². The van der Waals surface area contributed by atoms with E-state index in [2.05, 4.69) is 33.8 Å². The minimum absolute atomic E-state index is 0.0465. The van der Waals surface area contributed by atoms with Gasteiger partial charge in [-0.1, -0.05) is 41.5 Å². The molecule has 2 aromatic rings. The lowest BCUT2D eigenvalue weighted by Crippen LogP contribution is -2.10. The van der Waals surface area contributed by atoms with Gasteiger partial charge in [0.25, 0.3) is 0 Å². The molecule has 2 heterocycles. The summed E-state index contributed by atoms with van der Waals surface area (Å²) in [5, 5.41) is 0. The monoisotopic (exact) mass is 342 g/mol. The summed E-state index contributed by atoms with van der Waals surface area (Å²) in [7, 11) is 0. The van der Waals surface area contributed by atoms with E-state index in [1.165, 1.54) is 6.20 Å². The first-order valence-electron chi connectivity index (χ1n) is 7.86. The number of hydrogen-bond donors (Lipinski definition) is 0. The number of hydrogen-bond acceptors (Lipinski definition) is 4. The predicted octanol–water partition coefficient (Wildman–Crippen LogP) is 5.25. The summed E-state index contributed by atoms with van der Waals surface area (Å²) in [6, 6.07) is 0. The molecule has 134 valence electrons. The molecule has 0 amide bonds. The van der Waals surface area contributed by atoms with E-state index in [1.807, 2.05) is 13.8 Å². The Labute approximate surface area is 141 Å². The summed E-state index contributed by atoms with van der Waals surface area (Å²) in [4.78, 5) is 15.0. The highest BCUT2D eigenvalue weighted by atomic mass is 19.4. The quantitative estimate of drug-likeness (QED) is 0.748. The van der Waals surface area contributed by atoms with Gasteiger partial charge in [0, 0.05) is 24.8 Å². The van der Waals surface area contributed by atoms with Crippen LogP contribution in [-0.4, -0.2) is 19.9 Å². The second-order valence-electron chi connectivity index (χ2n) is 5.27. The fourth-order valence-corrected chi connectivity index (χ4v) is 1.40. The van der Waals surface area contributed by atoms with Gasteiger partial charge in [-0.2, -0.15) is 13.2 Å². The Hall–Kier alpha value is -2.05. The van der Waals surface area contributed by atoms with Gasteiger partial charge in [0.2, 0.25) is 0 Å².